The van der Waals surface area contributed by atoms with E-state index in [2.05, 4.69) is 22.3 Å². The maximum atomic E-state index is 13.1. The Kier molecular flexibility index (Phi) is 5.92. The highest BCUT2D eigenvalue weighted by molar-refractivity contribution is 7.13. The second-order valence-corrected chi connectivity index (χ2v) is 7.92. The first-order chi connectivity index (χ1) is 14.2. The minimum absolute atomic E-state index is 0.0169. The lowest BCUT2D eigenvalue weighted by Crippen LogP contribution is -2.42. The lowest BCUT2D eigenvalue weighted by atomic mass is 10.2. The van der Waals surface area contributed by atoms with Gasteiger partial charge in [-0.15, -0.1) is 11.3 Å². The molecule has 1 N–H and O–H groups in total. The van der Waals surface area contributed by atoms with E-state index in [0.717, 1.165) is 54.5 Å². The van der Waals surface area contributed by atoms with E-state index in [4.69, 9.17) is 4.74 Å². The Morgan fingerprint density at radius 3 is 3.10 bits per heavy atom. The maximum Gasteiger partial charge on any atom is 0.273 e. The number of thiazole rings is 1. The summed E-state index contributed by atoms with van der Waals surface area (Å²) < 4.78 is 7.07. The van der Waals surface area contributed by atoms with Gasteiger partial charge in [0.15, 0.2) is 0 Å². The Balaban J connectivity index is 1.54. The molecule has 3 aromatic rings. The van der Waals surface area contributed by atoms with E-state index in [0.29, 0.717) is 5.69 Å². The number of aromatic nitrogens is 3. The molecule has 1 saturated heterocycles. The van der Waals surface area contributed by atoms with Crippen LogP contribution in [0.3, 0.4) is 0 Å². The molecule has 7 nitrogen and oxygen atoms in total. The standard InChI is InChI=1S/C21H25N5O2S/c1-3-9-25(17-7-8-22-12-17)21(27)19-14-29-20(24-19)15-11-23-26(13-15)16-5-4-6-18(10-16)28-2/h4-6,10-11,13-14,17,22H,3,7-9,12H2,1-2H3/t17-/m0/s1. The van der Waals surface area contributed by atoms with Crippen molar-refractivity contribution < 1.29 is 9.53 Å². The summed E-state index contributed by atoms with van der Waals surface area (Å²) in [6.45, 7) is 4.67. The molecule has 0 aliphatic carbocycles. The first kappa shape index (κ1) is 19.6. The van der Waals surface area contributed by atoms with Crippen molar-refractivity contribution in [1.29, 1.82) is 0 Å². The van der Waals surface area contributed by atoms with E-state index in [1.165, 1.54) is 11.3 Å². The Morgan fingerprint density at radius 1 is 1.45 bits per heavy atom. The van der Waals surface area contributed by atoms with Crippen LogP contribution in [0.1, 0.15) is 30.3 Å². The van der Waals surface area contributed by atoms with E-state index >= 15 is 0 Å². The summed E-state index contributed by atoms with van der Waals surface area (Å²) in [4.78, 5) is 19.7. The van der Waals surface area contributed by atoms with E-state index in [-0.39, 0.29) is 11.9 Å². The zero-order chi connectivity index (χ0) is 20.2. The lowest BCUT2D eigenvalue weighted by molar-refractivity contribution is 0.0687. The molecule has 0 radical (unpaired) electrons. The van der Waals surface area contributed by atoms with Crippen LogP contribution < -0.4 is 10.1 Å². The maximum absolute atomic E-state index is 13.1. The lowest BCUT2D eigenvalue weighted by Gasteiger charge is -2.27. The summed E-state index contributed by atoms with van der Waals surface area (Å²) >= 11 is 1.47. The van der Waals surface area contributed by atoms with Crippen molar-refractivity contribution >= 4 is 17.2 Å². The first-order valence-electron chi connectivity index (χ1n) is 9.86. The third-order valence-corrected chi connectivity index (χ3v) is 5.96. The second-order valence-electron chi connectivity index (χ2n) is 7.06. The third kappa shape index (κ3) is 4.18. The molecule has 0 saturated carbocycles. The van der Waals surface area contributed by atoms with Gasteiger partial charge in [0.1, 0.15) is 16.5 Å². The third-order valence-electron chi connectivity index (χ3n) is 5.07. The summed E-state index contributed by atoms with van der Waals surface area (Å²) in [5.74, 6) is 0.794. The van der Waals surface area contributed by atoms with E-state index < -0.39 is 0 Å². The number of carbonyl (C=O) groups excluding carboxylic acids is 1. The van der Waals surface area contributed by atoms with Crippen molar-refractivity contribution in [1.82, 2.24) is 25.0 Å². The zero-order valence-corrected chi connectivity index (χ0v) is 17.5. The van der Waals surface area contributed by atoms with Gasteiger partial charge >= 0.3 is 0 Å². The molecule has 1 amide bonds. The van der Waals surface area contributed by atoms with Crippen molar-refractivity contribution in [3.63, 3.8) is 0 Å². The number of methoxy groups -OCH3 is 1. The SMILES string of the molecule is CCCN(C(=O)c1csc(-c2cnn(-c3cccc(OC)c3)c2)n1)[C@H]1CCNC1. The molecule has 0 unspecified atom stereocenters. The second kappa shape index (κ2) is 8.75. The quantitative estimate of drug-likeness (QED) is 0.646. The van der Waals surface area contributed by atoms with Gasteiger partial charge in [-0.2, -0.15) is 5.10 Å². The molecule has 1 fully saturated rings. The van der Waals surface area contributed by atoms with Crippen LogP contribution >= 0.6 is 11.3 Å². The number of nitrogens with one attached hydrogen (secondary N) is 1. The fraction of sp³-hybridized carbons (Fsp3) is 0.381. The van der Waals surface area contributed by atoms with Gasteiger partial charge in [0.25, 0.3) is 5.91 Å². The number of hydrogen-bond acceptors (Lipinski definition) is 6. The average molecular weight is 412 g/mol. The van der Waals surface area contributed by atoms with Crippen LogP contribution in [-0.2, 0) is 0 Å². The van der Waals surface area contributed by atoms with Crippen molar-refractivity contribution in [3.05, 3.63) is 47.7 Å². The predicted octanol–water partition coefficient (Wildman–Crippen LogP) is 3.22. The first-order valence-corrected chi connectivity index (χ1v) is 10.7. The molecular formula is C21H25N5O2S. The molecule has 1 aromatic carbocycles. The highest BCUT2D eigenvalue weighted by Gasteiger charge is 2.28. The van der Waals surface area contributed by atoms with Crippen LogP contribution in [0.2, 0.25) is 0 Å². The zero-order valence-electron chi connectivity index (χ0n) is 16.7. The van der Waals surface area contributed by atoms with E-state index in [9.17, 15) is 4.79 Å². The molecule has 2 aromatic heterocycles. The van der Waals surface area contributed by atoms with Crippen LogP contribution in [-0.4, -0.2) is 58.4 Å². The highest BCUT2D eigenvalue weighted by Crippen LogP contribution is 2.26. The minimum Gasteiger partial charge on any atom is -0.497 e. The Hall–Kier alpha value is -2.71. The van der Waals surface area contributed by atoms with Gasteiger partial charge in [0.05, 0.1) is 19.0 Å². The molecule has 3 heterocycles. The van der Waals surface area contributed by atoms with Crippen LogP contribution in [0.4, 0.5) is 0 Å². The largest absolute Gasteiger partial charge is 0.497 e. The van der Waals surface area contributed by atoms with E-state index in [1.54, 1.807) is 18.0 Å². The number of nitrogens with zero attached hydrogens (tertiary/aromatic N) is 4. The van der Waals surface area contributed by atoms with Gasteiger partial charge in [0.2, 0.25) is 0 Å². The molecule has 0 bridgehead atoms. The predicted molar refractivity (Wildman–Crippen MR) is 114 cm³/mol. The molecule has 1 atom stereocenters. The van der Waals surface area contributed by atoms with Gasteiger partial charge in [-0.25, -0.2) is 9.67 Å². The smallest absolute Gasteiger partial charge is 0.273 e. The Labute approximate surface area is 174 Å². The van der Waals surface area contributed by atoms with Crippen molar-refractivity contribution in [2.75, 3.05) is 26.7 Å². The molecule has 1 aliphatic heterocycles. The summed E-state index contributed by atoms with van der Waals surface area (Å²) in [7, 11) is 1.64. The molecule has 8 heteroatoms. The number of hydrogen-bond donors (Lipinski definition) is 1. The fourth-order valence-electron chi connectivity index (χ4n) is 3.58. The number of benzene rings is 1. The Bertz CT molecular complexity index is 977. The molecule has 152 valence electrons. The summed E-state index contributed by atoms with van der Waals surface area (Å²) in [5, 5.41) is 10.4. The highest BCUT2D eigenvalue weighted by atomic mass is 32.1. The van der Waals surface area contributed by atoms with Crippen LogP contribution in [0.15, 0.2) is 42.0 Å². The molecule has 4 rings (SSSR count). The average Bonchev–Trinajstić information content (AvgIpc) is 3.52. The molecular weight excluding hydrogens is 386 g/mol. The molecule has 29 heavy (non-hydrogen) atoms. The summed E-state index contributed by atoms with van der Waals surface area (Å²) in [6, 6.07) is 7.97. The normalized spacial score (nSPS) is 16.1. The van der Waals surface area contributed by atoms with Crippen molar-refractivity contribution in [2.24, 2.45) is 0 Å². The Morgan fingerprint density at radius 2 is 2.34 bits per heavy atom. The van der Waals surface area contributed by atoms with Gasteiger partial charge in [0, 0.05) is 42.3 Å². The van der Waals surface area contributed by atoms with Gasteiger partial charge in [-0.1, -0.05) is 13.0 Å². The molecule has 0 spiro atoms. The topological polar surface area (TPSA) is 72.3 Å². The number of rotatable bonds is 7. The van der Waals surface area contributed by atoms with Crippen molar-refractivity contribution in [2.45, 2.75) is 25.8 Å². The minimum atomic E-state index is 0.0169. The van der Waals surface area contributed by atoms with Crippen LogP contribution in [0.5, 0.6) is 5.75 Å². The summed E-state index contributed by atoms with van der Waals surface area (Å²) in [6.07, 6.45) is 5.63. The number of carbonyl (C=O) groups is 1. The molecule has 1 aliphatic rings. The van der Waals surface area contributed by atoms with Gasteiger partial charge < -0.3 is 15.0 Å². The van der Waals surface area contributed by atoms with Gasteiger partial charge in [-0.05, 0) is 31.5 Å². The van der Waals surface area contributed by atoms with Crippen molar-refractivity contribution in [3.8, 4) is 22.0 Å². The van der Waals surface area contributed by atoms with E-state index in [1.807, 2.05) is 40.7 Å². The van der Waals surface area contributed by atoms with Crippen LogP contribution in [0, 0.1) is 0 Å². The number of amides is 1. The summed E-state index contributed by atoms with van der Waals surface area (Å²) in [5.41, 5.74) is 2.31. The monoisotopic (exact) mass is 411 g/mol. The fourth-order valence-corrected chi connectivity index (χ4v) is 4.34. The number of ether oxygens (including phenoxy) is 1. The van der Waals surface area contributed by atoms with Crippen LogP contribution in [0.25, 0.3) is 16.3 Å². The van der Waals surface area contributed by atoms with Gasteiger partial charge in [-0.3, -0.25) is 4.79 Å².